The third kappa shape index (κ3) is 1.84. The fraction of sp³-hybridized carbons (Fsp3) is 0.400. The van der Waals surface area contributed by atoms with Gasteiger partial charge in [0, 0.05) is 25.4 Å². The summed E-state index contributed by atoms with van der Waals surface area (Å²) in [4.78, 5) is 24.0. The Hall–Kier alpha value is -1.58. The van der Waals surface area contributed by atoms with E-state index in [1.807, 2.05) is 0 Å². The number of carbonyl (C=O) groups excluding carboxylic acids is 2. The van der Waals surface area contributed by atoms with Crippen LogP contribution in [0, 0.1) is 0 Å². The number of rotatable bonds is 1. The van der Waals surface area contributed by atoms with Gasteiger partial charge >= 0.3 is 11.9 Å². The molecule has 4 nitrogen and oxygen atoms in total. The van der Waals surface area contributed by atoms with Crippen LogP contribution in [0.5, 0.6) is 0 Å². The molecule has 1 fully saturated rings. The fourth-order valence-corrected chi connectivity index (χ4v) is 1.57. The van der Waals surface area contributed by atoms with Gasteiger partial charge in [0.15, 0.2) is 0 Å². The topological polar surface area (TPSA) is 46.6 Å². The van der Waals surface area contributed by atoms with Crippen molar-refractivity contribution in [1.82, 2.24) is 4.90 Å². The number of hydrogen-bond donors (Lipinski definition) is 0. The Labute approximate surface area is 81.8 Å². The predicted molar refractivity (Wildman–Crippen MR) is 49.1 cm³/mol. The molecule has 0 bridgehead atoms. The molecule has 74 valence electrons. The molecule has 0 aromatic rings. The minimum absolute atomic E-state index is 0.450. The lowest BCUT2D eigenvalue weighted by Crippen LogP contribution is -2.20. The third-order valence-electron chi connectivity index (χ3n) is 2.29. The van der Waals surface area contributed by atoms with Crippen LogP contribution in [-0.4, -0.2) is 29.9 Å². The summed E-state index contributed by atoms with van der Waals surface area (Å²) in [5.41, 5.74) is 0.450. The van der Waals surface area contributed by atoms with Gasteiger partial charge in [-0.1, -0.05) is 0 Å². The Balaban J connectivity index is 2.12. The first kappa shape index (κ1) is 8.99. The summed E-state index contributed by atoms with van der Waals surface area (Å²) in [6.45, 7) is 1.94. The molecule has 0 atom stereocenters. The van der Waals surface area contributed by atoms with Crippen molar-refractivity contribution in [2.24, 2.45) is 0 Å². The lowest BCUT2D eigenvalue weighted by Gasteiger charge is -2.13. The molecule has 2 aliphatic rings. The van der Waals surface area contributed by atoms with Crippen LogP contribution in [0.25, 0.3) is 0 Å². The number of esters is 2. The van der Waals surface area contributed by atoms with Gasteiger partial charge in [-0.2, -0.15) is 0 Å². The van der Waals surface area contributed by atoms with Gasteiger partial charge in [0.05, 0.1) is 5.57 Å². The molecule has 0 unspecified atom stereocenters. The van der Waals surface area contributed by atoms with Gasteiger partial charge in [-0.15, -0.1) is 0 Å². The van der Waals surface area contributed by atoms with Gasteiger partial charge in [0.1, 0.15) is 0 Å². The lowest BCUT2D eigenvalue weighted by atomic mass is 10.2. The highest BCUT2D eigenvalue weighted by Crippen LogP contribution is 2.13. The molecule has 2 aliphatic heterocycles. The van der Waals surface area contributed by atoms with Crippen LogP contribution < -0.4 is 0 Å². The summed E-state index contributed by atoms with van der Waals surface area (Å²) >= 11 is 0. The zero-order valence-corrected chi connectivity index (χ0v) is 7.73. The highest BCUT2D eigenvalue weighted by Gasteiger charge is 2.19. The largest absolute Gasteiger partial charge is 0.386 e. The van der Waals surface area contributed by atoms with Crippen LogP contribution in [0.2, 0.25) is 0 Å². The Bertz CT molecular complexity index is 324. The quantitative estimate of drug-likeness (QED) is 0.347. The summed E-state index contributed by atoms with van der Waals surface area (Å²) in [5.74, 6) is -1.14. The molecule has 0 N–H and O–H groups in total. The average molecular weight is 193 g/mol. The Morgan fingerprint density at radius 2 is 1.93 bits per heavy atom. The molecular formula is C10H11NO3. The molecular weight excluding hydrogens is 182 g/mol. The van der Waals surface area contributed by atoms with Crippen LogP contribution >= 0.6 is 0 Å². The van der Waals surface area contributed by atoms with Crippen molar-refractivity contribution in [1.29, 1.82) is 0 Å². The fourth-order valence-electron chi connectivity index (χ4n) is 1.57. The van der Waals surface area contributed by atoms with E-state index in [1.54, 1.807) is 6.20 Å². The van der Waals surface area contributed by atoms with Gasteiger partial charge in [-0.05, 0) is 18.9 Å². The van der Waals surface area contributed by atoms with Gasteiger partial charge < -0.3 is 9.64 Å². The van der Waals surface area contributed by atoms with Gasteiger partial charge in [0.2, 0.25) is 0 Å². The van der Waals surface area contributed by atoms with Crippen molar-refractivity contribution >= 4 is 11.9 Å². The summed E-state index contributed by atoms with van der Waals surface area (Å²) in [5, 5.41) is 0. The van der Waals surface area contributed by atoms with Crippen molar-refractivity contribution in [2.75, 3.05) is 13.1 Å². The number of ether oxygens (including phenoxy) is 1. The molecule has 14 heavy (non-hydrogen) atoms. The monoisotopic (exact) mass is 193 g/mol. The van der Waals surface area contributed by atoms with Crippen LogP contribution in [0.4, 0.5) is 0 Å². The lowest BCUT2D eigenvalue weighted by molar-refractivity contribution is -0.153. The summed E-state index contributed by atoms with van der Waals surface area (Å²) in [7, 11) is 0. The number of carbonyl (C=O) groups is 2. The molecule has 0 aliphatic carbocycles. The van der Waals surface area contributed by atoms with E-state index >= 15 is 0 Å². The van der Waals surface area contributed by atoms with Crippen molar-refractivity contribution in [3.8, 4) is 0 Å². The number of hydrogen-bond acceptors (Lipinski definition) is 4. The first-order valence-corrected chi connectivity index (χ1v) is 4.66. The predicted octanol–water partition coefficient (Wildman–Crippen LogP) is 0.606. The Morgan fingerprint density at radius 1 is 1.21 bits per heavy atom. The maximum Gasteiger partial charge on any atom is 0.347 e. The number of nitrogens with zero attached hydrogens (tertiary/aromatic N) is 1. The minimum Gasteiger partial charge on any atom is -0.386 e. The van der Waals surface area contributed by atoms with E-state index in [4.69, 9.17) is 0 Å². The second-order valence-corrected chi connectivity index (χ2v) is 3.37. The maximum atomic E-state index is 11.2. The molecule has 0 amide bonds. The standard InChI is InChI=1S/C10H11NO3/c12-9-4-3-8(10(13)14-9)7-11-5-1-2-6-11/h3-4,7H,1-2,5-6H2/b8-7-. The molecule has 0 saturated carbocycles. The highest BCUT2D eigenvalue weighted by molar-refractivity contribution is 6.05. The van der Waals surface area contributed by atoms with Crippen molar-refractivity contribution < 1.29 is 14.3 Å². The molecule has 4 heteroatoms. The van der Waals surface area contributed by atoms with Gasteiger partial charge in [-0.3, -0.25) is 0 Å². The minimum atomic E-state index is -0.589. The SMILES string of the molecule is O=C1C=C/C(=C/N2CCCC2)C(=O)O1. The van der Waals surface area contributed by atoms with E-state index in [0.717, 1.165) is 25.9 Å². The molecule has 0 radical (unpaired) electrons. The molecule has 2 heterocycles. The molecule has 2 rings (SSSR count). The highest BCUT2D eigenvalue weighted by atomic mass is 16.6. The summed E-state index contributed by atoms with van der Waals surface area (Å²) in [6, 6.07) is 0. The van der Waals surface area contributed by atoms with E-state index in [0.29, 0.717) is 5.57 Å². The van der Waals surface area contributed by atoms with Crippen LogP contribution in [-0.2, 0) is 14.3 Å². The van der Waals surface area contributed by atoms with Crippen molar-refractivity contribution in [3.05, 3.63) is 23.9 Å². The maximum absolute atomic E-state index is 11.2. The number of cyclic esters (lactones) is 2. The van der Waals surface area contributed by atoms with Crippen molar-refractivity contribution in [2.45, 2.75) is 12.8 Å². The zero-order valence-electron chi connectivity index (χ0n) is 7.73. The second-order valence-electron chi connectivity index (χ2n) is 3.37. The Morgan fingerprint density at radius 3 is 2.57 bits per heavy atom. The van der Waals surface area contributed by atoms with E-state index < -0.39 is 11.9 Å². The molecule has 0 spiro atoms. The third-order valence-corrected chi connectivity index (χ3v) is 2.29. The first-order valence-electron chi connectivity index (χ1n) is 4.66. The molecule has 0 aromatic heterocycles. The van der Waals surface area contributed by atoms with E-state index in [1.165, 1.54) is 12.2 Å². The van der Waals surface area contributed by atoms with Crippen molar-refractivity contribution in [3.63, 3.8) is 0 Å². The second kappa shape index (κ2) is 3.65. The first-order chi connectivity index (χ1) is 6.75. The molecule has 0 aromatic carbocycles. The van der Waals surface area contributed by atoms with Gasteiger partial charge in [-0.25, -0.2) is 9.59 Å². The van der Waals surface area contributed by atoms with E-state index in [2.05, 4.69) is 9.64 Å². The van der Waals surface area contributed by atoms with E-state index in [9.17, 15) is 9.59 Å². The summed E-state index contributed by atoms with van der Waals surface area (Å²) in [6.07, 6.45) is 6.84. The van der Waals surface area contributed by atoms with Crippen LogP contribution in [0.15, 0.2) is 23.9 Å². The number of likely N-dealkylation sites (tertiary alicyclic amines) is 1. The zero-order chi connectivity index (χ0) is 9.97. The molecule has 1 saturated heterocycles. The van der Waals surface area contributed by atoms with E-state index in [-0.39, 0.29) is 0 Å². The average Bonchev–Trinajstić information content (AvgIpc) is 2.62. The Kier molecular flexibility index (Phi) is 2.35. The van der Waals surface area contributed by atoms with Crippen LogP contribution in [0.1, 0.15) is 12.8 Å². The van der Waals surface area contributed by atoms with Crippen LogP contribution in [0.3, 0.4) is 0 Å². The normalized spacial score (nSPS) is 24.6. The smallest absolute Gasteiger partial charge is 0.347 e. The van der Waals surface area contributed by atoms with Gasteiger partial charge in [0.25, 0.3) is 0 Å². The summed E-state index contributed by atoms with van der Waals surface area (Å²) < 4.78 is 4.45.